The van der Waals surface area contributed by atoms with Gasteiger partial charge in [-0.1, -0.05) is 64.8 Å². The molecule has 1 aromatic carbocycles. The lowest BCUT2D eigenvalue weighted by Gasteiger charge is -2.35. The molecule has 0 aromatic heterocycles. The van der Waals surface area contributed by atoms with Crippen LogP contribution >= 0.6 is 0 Å². The van der Waals surface area contributed by atoms with Gasteiger partial charge in [-0.3, -0.25) is 0 Å². The van der Waals surface area contributed by atoms with E-state index in [9.17, 15) is 0 Å². The molecule has 0 heterocycles. The number of rotatable bonds is 6. The van der Waals surface area contributed by atoms with Gasteiger partial charge in [0.1, 0.15) is 0 Å². The molecule has 1 saturated carbocycles. The Bertz CT molecular complexity index is 416. The summed E-state index contributed by atoms with van der Waals surface area (Å²) in [6, 6.07) is 9.80. The Labute approximate surface area is 125 Å². The van der Waals surface area contributed by atoms with Crippen LogP contribution in [0.3, 0.4) is 0 Å². The highest BCUT2D eigenvalue weighted by molar-refractivity contribution is 5.28. The van der Waals surface area contributed by atoms with Gasteiger partial charge in [-0.25, -0.2) is 0 Å². The van der Waals surface area contributed by atoms with Crippen molar-refractivity contribution < 1.29 is 0 Å². The van der Waals surface area contributed by atoms with Crippen molar-refractivity contribution in [3.8, 4) is 0 Å². The van der Waals surface area contributed by atoms with Gasteiger partial charge in [-0.15, -0.1) is 0 Å². The molecule has 0 spiro atoms. The Hall–Kier alpha value is -0.820. The van der Waals surface area contributed by atoms with E-state index in [1.165, 1.54) is 43.2 Å². The molecule has 1 atom stereocenters. The number of benzene rings is 1. The summed E-state index contributed by atoms with van der Waals surface area (Å²) in [5.74, 6) is 0.727. The maximum atomic E-state index is 3.76. The minimum Gasteiger partial charge on any atom is -0.310 e. The Kier molecular flexibility index (Phi) is 5.26. The van der Waals surface area contributed by atoms with Gasteiger partial charge in [0.2, 0.25) is 0 Å². The monoisotopic (exact) mass is 273 g/mol. The van der Waals surface area contributed by atoms with Crippen molar-refractivity contribution in [2.75, 3.05) is 6.54 Å². The molecule has 1 nitrogen and oxygen atoms in total. The minimum atomic E-state index is 0.437. The van der Waals surface area contributed by atoms with E-state index in [2.05, 4.69) is 57.3 Å². The molecule has 0 bridgehead atoms. The predicted octanol–water partition coefficient (Wildman–Crippen LogP) is 5.12. The van der Waals surface area contributed by atoms with E-state index < -0.39 is 0 Å². The molecule has 1 unspecified atom stereocenters. The first-order valence-corrected chi connectivity index (χ1v) is 8.37. The van der Waals surface area contributed by atoms with E-state index in [1.54, 1.807) is 0 Å². The third-order valence-corrected chi connectivity index (χ3v) is 4.78. The standard InChI is InChI=1S/C19H31N/c1-5-20-18(19(4)11-6-7-12-19)17-10-8-9-16(14-17)13-15(2)3/h8-10,14-15,18,20H,5-7,11-13H2,1-4H3. The molecule has 1 heteroatoms. The molecule has 20 heavy (non-hydrogen) atoms. The Morgan fingerprint density at radius 2 is 1.90 bits per heavy atom. The summed E-state index contributed by atoms with van der Waals surface area (Å²) < 4.78 is 0. The van der Waals surface area contributed by atoms with Gasteiger partial charge in [0.25, 0.3) is 0 Å². The molecule has 1 aliphatic rings. The van der Waals surface area contributed by atoms with E-state index in [0.717, 1.165) is 12.5 Å². The summed E-state index contributed by atoms with van der Waals surface area (Å²) >= 11 is 0. The highest BCUT2D eigenvalue weighted by Gasteiger charge is 2.37. The second kappa shape index (κ2) is 6.76. The van der Waals surface area contributed by atoms with E-state index in [4.69, 9.17) is 0 Å². The predicted molar refractivity (Wildman–Crippen MR) is 88.0 cm³/mol. The van der Waals surface area contributed by atoms with Gasteiger partial charge in [0.15, 0.2) is 0 Å². The second-order valence-corrected chi connectivity index (χ2v) is 7.19. The maximum Gasteiger partial charge on any atom is 0.0374 e. The highest BCUT2D eigenvalue weighted by atomic mass is 14.9. The molecule has 1 fully saturated rings. The molecule has 1 aliphatic carbocycles. The number of hydrogen-bond donors (Lipinski definition) is 1. The van der Waals surface area contributed by atoms with Crippen molar-refractivity contribution in [3.05, 3.63) is 35.4 Å². The zero-order valence-corrected chi connectivity index (χ0v) is 13.7. The van der Waals surface area contributed by atoms with Gasteiger partial charge in [-0.05, 0) is 48.3 Å². The fraction of sp³-hybridized carbons (Fsp3) is 0.684. The first-order valence-electron chi connectivity index (χ1n) is 8.37. The quantitative estimate of drug-likeness (QED) is 0.759. The number of nitrogens with one attached hydrogen (secondary N) is 1. The van der Waals surface area contributed by atoms with Gasteiger partial charge < -0.3 is 5.32 Å². The van der Waals surface area contributed by atoms with Gasteiger partial charge in [0.05, 0.1) is 0 Å². The molecule has 112 valence electrons. The molecule has 1 N–H and O–H groups in total. The topological polar surface area (TPSA) is 12.0 Å². The largest absolute Gasteiger partial charge is 0.310 e. The van der Waals surface area contributed by atoms with Crippen LogP contribution in [0.25, 0.3) is 0 Å². The van der Waals surface area contributed by atoms with Crippen LogP contribution in [0, 0.1) is 11.3 Å². The fourth-order valence-corrected chi connectivity index (χ4v) is 3.81. The summed E-state index contributed by atoms with van der Waals surface area (Å²) in [4.78, 5) is 0. The summed E-state index contributed by atoms with van der Waals surface area (Å²) in [5.41, 5.74) is 3.42. The smallest absolute Gasteiger partial charge is 0.0374 e. The van der Waals surface area contributed by atoms with Crippen molar-refractivity contribution >= 4 is 0 Å². The van der Waals surface area contributed by atoms with Crippen LogP contribution in [-0.2, 0) is 6.42 Å². The van der Waals surface area contributed by atoms with Crippen molar-refractivity contribution in [2.24, 2.45) is 11.3 Å². The second-order valence-electron chi connectivity index (χ2n) is 7.19. The Balaban J connectivity index is 2.24. The van der Waals surface area contributed by atoms with Crippen LogP contribution in [0.1, 0.15) is 70.5 Å². The Morgan fingerprint density at radius 3 is 2.50 bits per heavy atom. The molecular weight excluding hydrogens is 242 g/mol. The summed E-state index contributed by atoms with van der Waals surface area (Å²) in [6.45, 7) is 10.3. The zero-order chi connectivity index (χ0) is 14.6. The molecule has 0 radical (unpaired) electrons. The molecule has 1 aromatic rings. The Morgan fingerprint density at radius 1 is 1.20 bits per heavy atom. The third kappa shape index (κ3) is 3.63. The fourth-order valence-electron chi connectivity index (χ4n) is 3.81. The van der Waals surface area contributed by atoms with Crippen LogP contribution in [0.2, 0.25) is 0 Å². The molecule has 2 rings (SSSR count). The summed E-state index contributed by atoms with van der Waals surface area (Å²) in [7, 11) is 0. The lowest BCUT2D eigenvalue weighted by atomic mass is 9.77. The van der Waals surface area contributed by atoms with Crippen molar-refractivity contribution in [1.82, 2.24) is 5.32 Å². The van der Waals surface area contributed by atoms with E-state index in [0.29, 0.717) is 11.5 Å². The van der Waals surface area contributed by atoms with Crippen molar-refractivity contribution in [1.29, 1.82) is 0 Å². The average molecular weight is 273 g/mol. The SMILES string of the molecule is CCNC(c1cccc(CC(C)C)c1)C1(C)CCCC1. The first kappa shape index (κ1) is 15.6. The van der Waals surface area contributed by atoms with Crippen LogP contribution < -0.4 is 5.32 Å². The number of hydrogen-bond acceptors (Lipinski definition) is 1. The summed E-state index contributed by atoms with van der Waals surface area (Å²) in [5, 5.41) is 3.76. The van der Waals surface area contributed by atoms with Crippen molar-refractivity contribution in [3.63, 3.8) is 0 Å². The van der Waals surface area contributed by atoms with Crippen LogP contribution in [0.5, 0.6) is 0 Å². The van der Waals surface area contributed by atoms with Crippen LogP contribution in [-0.4, -0.2) is 6.54 Å². The molecule has 0 amide bonds. The maximum absolute atomic E-state index is 3.76. The molecular formula is C19H31N. The lowest BCUT2D eigenvalue weighted by Crippen LogP contribution is -2.34. The van der Waals surface area contributed by atoms with E-state index in [-0.39, 0.29) is 0 Å². The van der Waals surface area contributed by atoms with E-state index >= 15 is 0 Å². The van der Waals surface area contributed by atoms with Crippen LogP contribution in [0.4, 0.5) is 0 Å². The third-order valence-electron chi connectivity index (χ3n) is 4.78. The minimum absolute atomic E-state index is 0.437. The summed E-state index contributed by atoms with van der Waals surface area (Å²) in [6.07, 6.45) is 6.69. The van der Waals surface area contributed by atoms with Crippen molar-refractivity contribution in [2.45, 2.75) is 65.8 Å². The average Bonchev–Trinajstić information content (AvgIpc) is 2.83. The van der Waals surface area contributed by atoms with Gasteiger partial charge in [0, 0.05) is 6.04 Å². The molecule has 0 aliphatic heterocycles. The van der Waals surface area contributed by atoms with Gasteiger partial charge in [-0.2, -0.15) is 0 Å². The zero-order valence-electron chi connectivity index (χ0n) is 13.7. The van der Waals surface area contributed by atoms with Crippen LogP contribution in [0.15, 0.2) is 24.3 Å². The first-order chi connectivity index (χ1) is 9.55. The normalized spacial score (nSPS) is 19.4. The highest BCUT2D eigenvalue weighted by Crippen LogP contribution is 2.47. The molecule has 0 saturated heterocycles. The van der Waals surface area contributed by atoms with E-state index in [1.807, 2.05) is 0 Å². The lowest BCUT2D eigenvalue weighted by molar-refractivity contribution is 0.226. The van der Waals surface area contributed by atoms with Gasteiger partial charge >= 0.3 is 0 Å².